The number of sulfone groups is 1. The van der Waals surface area contributed by atoms with E-state index < -0.39 is 9.84 Å². The van der Waals surface area contributed by atoms with E-state index in [4.69, 9.17) is 4.74 Å². The summed E-state index contributed by atoms with van der Waals surface area (Å²) in [5.74, 6) is -0.473. The topological polar surface area (TPSA) is 101 Å². The smallest absolute Gasteiger partial charge is 0.261 e. The fourth-order valence-corrected chi connectivity index (χ4v) is 4.07. The fourth-order valence-electron chi connectivity index (χ4n) is 3.42. The summed E-state index contributed by atoms with van der Waals surface area (Å²) >= 11 is 0. The molecule has 8 nitrogen and oxygen atoms in total. The Bertz CT molecular complexity index is 1160. The van der Waals surface area contributed by atoms with Gasteiger partial charge in [0.15, 0.2) is 9.84 Å². The summed E-state index contributed by atoms with van der Waals surface area (Å²) in [7, 11) is -1.66. The van der Waals surface area contributed by atoms with Crippen molar-refractivity contribution in [2.45, 2.75) is 24.7 Å². The van der Waals surface area contributed by atoms with Crippen LogP contribution in [0.25, 0.3) is 0 Å². The van der Waals surface area contributed by atoms with E-state index in [-0.39, 0.29) is 35.6 Å². The lowest BCUT2D eigenvalue weighted by atomic mass is 10.1. The lowest BCUT2D eigenvalue weighted by Crippen LogP contribution is -2.35. The van der Waals surface area contributed by atoms with Gasteiger partial charge in [-0.3, -0.25) is 19.3 Å². The van der Waals surface area contributed by atoms with Crippen molar-refractivity contribution in [3.05, 3.63) is 59.2 Å². The molecule has 0 aromatic heterocycles. The molecule has 1 aliphatic heterocycles. The van der Waals surface area contributed by atoms with Crippen molar-refractivity contribution in [3.8, 4) is 5.75 Å². The number of ether oxygens (including phenoxy) is 1. The summed E-state index contributed by atoms with van der Waals surface area (Å²) in [5, 5.41) is 0. The minimum Gasteiger partial charge on any atom is -0.493 e. The third kappa shape index (κ3) is 5.34. The van der Waals surface area contributed by atoms with Crippen LogP contribution in [0.1, 0.15) is 39.1 Å². The number of carbonyl (C=O) groups excluding carboxylic acids is 3. The van der Waals surface area contributed by atoms with Crippen LogP contribution in [0.15, 0.2) is 47.4 Å². The van der Waals surface area contributed by atoms with Gasteiger partial charge in [-0.1, -0.05) is 17.7 Å². The Hall–Kier alpha value is -3.20. The van der Waals surface area contributed by atoms with E-state index in [1.807, 2.05) is 6.92 Å². The number of imide groups is 1. The van der Waals surface area contributed by atoms with Crippen molar-refractivity contribution in [2.24, 2.45) is 0 Å². The average Bonchev–Trinajstić information content (AvgIpc) is 2.98. The maximum atomic E-state index is 12.5. The van der Waals surface area contributed by atoms with Crippen molar-refractivity contribution in [1.82, 2.24) is 9.80 Å². The Morgan fingerprint density at radius 1 is 1.06 bits per heavy atom. The molecule has 0 aliphatic carbocycles. The number of hydrogen-bond donors (Lipinski definition) is 0. The molecule has 0 fully saturated rings. The molecule has 0 saturated heterocycles. The van der Waals surface area contributed by atoms with Gasteiger partial charge in [0.25, 0.3) is 11.8 Å². The number of aryl methyl sites for hydroxylation is 1. The molecule has 0 unspecified atom stereocenters. The highest BCUT2D eigenvalue weighted by Crippen LogP contribution is 2.24. The predicted molar refractivity (Wildman–Crippen MR) is 118 cm³/mol. The van der Waals surface area contributed by atoms with Crippen LogP contribution >= 0.6 is 0 Å². The van der Waals surface area contributed by atoms with E-state index in [0.717, 1.165) is 16.7 Å². The number of fused-ring (bicyclic) bond motifs is 1. The number of hydrogen-bond acceptors (Lipinski definition) is 6. The van der Waals surface area contributed by atoms with Gasteiger partial charge in [-0.05, 0) is 43.7 Å². The van der Waals surface area contributed by atoms with Crippen molar-refractivity contribution in [3.63, 3.8) is 0 Å². The molecule has 0 saturated carbocycles. The molecular formula is C23H26N2O6S. The highest BCUT2D eigenvalue weighted by atomic mass is 32.2. The van der Waals surface area contributed by atoms with Crippen LogP contribution in [-0.4, -0.2) is 68.9 Å². The number of rotatable bonds is 9. The van der Waals surface area contributed by atoms with Crippen LogP contribution in [0.4, 0.5) is 0 Å². The van der Waals surface area contributed by atoms with Gasteiger partial charge < -0.3 is 9.64 Å². The van der Waals surface area contributed by atoms with E-state index in [9.17, 15) is 22.8 Å². The van der Waals surface area contributed by atoms with Gasteiger partial charge >= 0.3 is 0 Å². The molecule has 2 aromatic carbocycles. The Labute approximate surface area is 187 Å². The van der Waals surface area contributed by atoms with E-state index in [1.165, 1.54) is 17.0 Å². The molecule has 1 aliphatic rings. The van der Waals surface area contributed by atoms with Crippen LogP contribution in [0.3, 0.4) is 0 Å². The van der Waals surface area contributed by atoms with Crippen molar-refractivity contribution < 1.29 is 27.5 Å². The molecule has 3 amide bonds. The van der Waals surface area contributed by atoms with E-state index >= 15 is 0 Å². The first-order valence-corrected chi connectivity index (χ1v) is 12.1. The first kappa shape index (κ1) is 23.5. The van der Waals surface area contributed by atoms with Crippen LogP contribution in [-0.2, 0) is 14.6 Å². The van der Waals surface area contributed by atoms with E-state index in [2.05, 4.69) is 0 Å². The molecule has 3 rings (SSSR count). The minimum atomic E-state index is -3.31. The Kier molecular flexibility index (Phi) is 6.98. The van der Waals surface area contributed by atoms with Crippen molar-refractivity contribution in [1.29, 1.82) is 0 Å². The maximum Gasteiger partial charge on any atom is 0.261 e. The Morgan fingerprint density at radius 2 is 1.78 bits per heavy atom. The van der Waals surface area contributed by atoms with Gasteiger partial charge in [-0.25, -0.2) is 8.42 Å². The molecule has 0 radical (unpaired) electrons. The largest absolute Gasteiger partial charge is 0.493 e. The second-order valence-corrected chi connectivity index (χ2v) is 9.84. The zero-order valence-electron chi connectivity index (χ0n) is 18.3. The molecule has 0 atom stereocenters. The first-order chi connectivity index (χ1) is 15.1. The van der Waals surface area contributed by atoms with Crippen LogP contribution in [0.5, 0.6) is 5.75 Å². The summed E-state index contributed by atoms with van der Waals surface area (Å²) in [6.07, 6.45) is 1.71. The van der Waals surface area contributed by atoms with E-state index in [1.54, 1.807) is 37.4 Å². The highest BCUT2D eigenvalue weighted by molar-refractivity contribution is 7.90. The zero-order chi connectivity index (χ0) is 23.5. The average molecular weight is 459 g/mol. The molecule has 32 heavy (non-hydrogen) atoms. The van der Waals surface area contributed by atoms with Gasteiger partial charge in [0.05, 0.1) is 22.6 Å². The predicted octanol–water partition coefficient (Wildman–Crippen LogP) is 2.31. The maximum absolute atomic E-state index is 12.5. The summed E-state index contributed by atoms with van der Waals surface area (Å²) in [6, 6.07) is 11.4. The zero-order valence-corrected chi connectivity index (χ0v) is 19.1. The molecule has 170 valence electrons. The normalized spacial score (nSPS) is 13.3. The van der Waals surface area contributed by atoms with Crippen molar-refractivity contribution >= 4 is 27.6 Å². The van der Waals surface area contributed by atoms with E-state index in [0.29, 0.717) is 36.4 Å². The second kappa shape index (κ2) is 9.52. The fraction of sp³-hybridized carbons (Fsp3) is 0.348. The number of carbonyl (C=O) groups is 3. The molecular weight excluding hydrogens is 432 g/mol. The van der Waals surface area contributed by atoms with Gasteiger partial charge in [-0.2, -0.15) is 0 Å². The van der Waals surface area contributed by atoms with Crippen LogP contribution in [0.2, 0.25) is 0 Å². The molecule has 2 aromatic rings. The third-order valence-electron chi connectivity index (χ3n) is 5.24. The lowest BCUT2D eigenvalue weighted by molar-refractivity contribution is -0.130. The lowest BCUT2D eigenvalue weighted by Gasteiger charge is -2.19. The molecule has 1 heterocycles. The first-order valence-electron chi connectivity index (χ1n) is 10.2. The quantitative estimate of drug-likeness (QED) is 0.422. The molecule has 0 N–H and O–H groups in total. The summed E-state index contributed by atoms with van der Waals surface area (Å²) in [5.41, 5.74) is 1.65. The number of nitrogens with zero attached hydrogens (tertiary/aromatic N) is 2. The molecule has 0 spiro atoms. The SMILES string of the molecule is Cc1ccc2c(c1)C(=O)N(CCC(=O)N(C)CCCOc1cccc(S(C)(=O)=O)c1)C2=O. The van der Waals surface area contributed by atoms with Crippen LogP contribution < -0.4 is 4.74 Å². The summed E-state index contributed by atoms with van der Waals surface area (Å²) in [6.45, 7) is 2.61. The Balaban J connectivity index is 1.44. The van der Waals surface area contributed by atoms with Crippen molar-refractivity contribution in [2.75, 3.05) is 33.0 Å². The Morgan fingerprint density at radius 3 is 2.50 bits per heavy atom. The number of amides is 3. The van der Waals surface area contributed by atoms with Crippen LogP contribution in [0, 0.1) is 6.92 Å². The third-order valence-corrected chi connectivity index (χ3v) is 6.35. The van der Waals surface area contributed by atoms with Gasteiger partial charge in [0.1, 0.15) is 5.75 Å². The summed E-state index contributed by atoms with van der Waals surface area (Å²) in [4.78, 5) is 40.2. The van der Waals surface area contributed by atoms with Gasteiger partial charge in [0.2, 0.25) is 5.91 Å². The van der Waals surface area contributed by atoms with Gasteiger partial charge in [0, 0.05) is 32.8 Å². The minimum absolute atomic E-state index is 0.0311. The monoisotopic (exact) mass is 458 g/mol. The number of benzene rings is 2. The molecule has 0 bridgehead atoms. The van der Waals surface area contributed by atoms with Gasteiger partial charge in [-0.15, -0.1) is 0 Å². The summed E-state index contributed by atoms with van der Waals surface area (Å²) < 4.78 is 28.8. The standard InChI is InChI=1S/C23H26N2O6S/c1-16-8-9-19-20(14-16)23(28)25(22(19)27)12-10-21(26)24(2)11-5-13-31-17-6-4-7-18(15-17)32(3,29)30/h4,6-9,14-15H,5,10-13H2,1-3H3. The second-order valence-electron chi connectivity index (χ2n) is 7.83. The molecule has 9 heteroatoms. The highest BCUT2D eigenvalue weighted by Gasteiger charge is 2.35.